The van der Waals surface area contributed by atoms with Crippen molar-refractivity contribution in [3.05, 3.63) is 41.0 Å². The van der Waals surface area contributed by atoms with Gasteiger partial charge in [-0.2, -0.15) is 0 Å². The molecule has 0 aliphatic carbocycles. The number of aromatic nitrogens is 2. The topological polar surface area (TPSA) is 97.1 Å². The van der Waals surface area contributed by atoms with Crippen LogP contribution in [0, 0.1) is 19.7 Å². The van der Waals surface area contributed by atoms with E-state index in [1.165, 1.54) is 18.2 Å². The molecular formula is C15H17FN4O3. The Bertz CT molecular complexity index is 729. The molecule has 0 fully saturated rings. The summed E-state index contributed by atoms with van der Waals surface area (Å²) in [5.74, 6) is -1.15. The maximum Gasteiger partial charge on any atom is 0.246 e. The molecule has 0 unspecified atom stereocenters. The number of anilines is 1. The summed E-state index contributed by atoms with van der Waals surface area (Å²) in [4.78, 5) is 24.0. The average molecular weight is 320 g/mol. The van der Waals surface area contributed by atoms with E-state index in [0.717, 1.165) is 0 Å². The molecule has 0 aliphatic heterocycles. The number of benzene rings is 1. The molecule has 23 heavy (non-hydrogen) atoms. The molecule has 7 nitrogen and oxygen atoms in total. The number of halogens is 1. The van der Waals surface area contributed by atoms with Gasteiger partial charge < -0.3 is 10.6 Å². The third-order valence-corrected chi connectivity index (χ3v) is 3.29. The minimum absolute atomic E-state index is 0.0253. The van der Waals surface area contributed by atoms with Crippen molar-refractivity contribution in [1.82, 2.24) is 15.6 Å². The molecule has 0 saturated carbocycles. The van der Waals surface area contributed by atoms with Crippen LogP contribution in [0.4, 0.5) is 10.1 Å². The second kappa shape index (κ2) is 6.99. The predicted octanol–water partition coefficient (Wildman–Crippen LogP) is 1.51. The van der Waals surface area contributed by atoms with Crippen LogP contribution < -0.4 is 10.6 Å². The predicted molar refractivity (Wildman–Crippen MR) is 80.1 cm³/mol. The highest BCUT2D eigenvalue weighted by molar-refractivity contribution is 5.97. The van der Waals surface area contributed by atoms with Gasteiger partial charge in [0.25, 0.3) is 0 Å². The summed E-state index contributed by atoms with van der Waals surface area (Å²) < 4.78 is 17.6. The minimum atomic E-state index is -0.757. The summed E-state index contributed by atoms with van der Waals surface area (Å²) in [7, 11) is 0. The lowest BCUT2D eigenvalue weighted by atomic mass is 10.2. The van der Waals surface area contributed by atoms with Crippen LogP contribution in [-0.2, 0) is 16.0 Å². The van der Waals surface area contributed by atoms with E-state index in [0.29, 0.717) is 22.6 Å². The van der Waals surface area contributed by atoms with Crippen molar-refractivity contribution in [1.29, 1.82) is 0 Å². The van der Waals surface area contributed by atoms with Crippen LogP contribution in [0.2, 0.25) is 0 Å². The number of nitrogens with zero attached hydrogens (tertiary/aromatic N) is 2. The molecule has 0 saturated heterocycles. The lowest BCUT2D eigenvalue weighted by Gasteiger charge is -2.15. The third kappa shape index (κ3) is 4.35. The molecule has 2 aromatic rings. The zero-order chi connectivity index (χ0) is 17.0. The number of hydrogen-bond donors (Lipinski definition) is 2. The molecule has 1 aromatic carbocycles. The highest BCUT2D eigenvalue weighted by Crippen LogP contribution is 2.15. The maximum absolute atomic E-state index is 13.0. The normalized spacial score (nSPS) is 11.8. The summed E-state index contributed by atoms with van der Waals surface area (Å²) in [5.41, 5.74) is 2.04. The molecule has 0 bridgehead atoms. The molecule has 1 atom stereocenters. The first kappa shape index (κ1) is 16.6. The van der Waals surface area contributed by atoms with Crippen LogP contribution in [-0.4, -0.2) is 28.2 Å². The van der Waals surface area contributed by atoms with Gasteiger partial charge in [-0.1, -0.05) is 10.3 Å². The largest absolute Gasteiger partial charge is 0.344 e. The molecular weight excluding hydrogens is 303 g/mol. The number of hydrogen-bond acceptors (Lipinski definition) is 5. The molecule has 1 aromatic heterocycles. The average Bonchev–Trinajstić information content (AvgIpc) is 2.87. The second-order valence-corrected chi connectivity index (χ2v) is 5.21. The monoisotopic (exact) mass is 320 g/mol. The fourth-order valence-electron chi connectivity index (χ4n) is 1.93. The van der Waals surface area contributed by atoms with E-state index in [2.05, 4.69) is 25.6 Å². The van der Waals surface area contributed by atoms with Crippen LogP contribution in [0.5, 0.6) is 0 Å². The summed E-state index contributed by atoms with van der Waals surface area (Å²) in [6.07, 6.45) is -0.0253. The molecule has 0 aliphatic rings. The summed E-state index contributed by atoms with van der Waals surface area (Å²) in [5, 5.41) is 12.4. The van der Waals surface area contributed by atoms with E-state index in [9.17, 15) is 14.0 Å². The number of amides is 2. The van der Waals surface area contributed by atoms with Gasteiger partial charge in [-0.3, -0.25) is 9.59 Å². The Morgan fingerprint density at radius 3 is 2.65 bits per heavy atom. The van der Waals surface area contributed by atoms with E-state index in [1.54, 1.807) is 20.8 Å². The number of rotatable bonds is 5. The van der Waals surface area contributed by atoms with E-state index >= 15 is 0 Å². The van der Waals surface area contributed by atoms with Crippen LogP contribution in [0.3, 0.4) is 0 Å². The third-order valence-electron chi connectivity index (χ3n) is 3.29. The van der Waals surface area contributed by atoms with Crippen molar-refractivity contribution in [2.75, 3.05) is 5.32 Å². The lowest BCUT2D eigenvalue weighted by Crippen LogP contribution is -2.42. The summed E-state index contributed by atoms with van der Waals surface area (Å²) in [6, 6.07) is 3.29. The smallest absolute Gasteiger partial charge is 0.246 e. The number of carbonyl (C=O) groups is 2. The number of nitrogens with one attached hydrogen (secondary N) is 2. The van der Waals surface area contributed by atoms with Gasteiger partial charge in [-0.25, -0.2) is 9.02 Å². The minimum Gasteiger partial charge on any atom is -0.344 e. The standard InChI is InChI=1S/C15H17FN4O3/c1-8-6-11(16)4-5-12(8)18-15(22)10(3)17-14(21)7-13-9(2)19-23-20-13/h4-6,10H,7H2,1-3H3,(H,17,21)(H,18,22)/t10-/m1/s1. The first-order chi connectivity index (χ1) is 10.9. The Morgan fingerprint density at radius 2 is 2.04 bits per heavy atom. The first-order valence-corrected chi connectivity index (χ1v) is 7.01. The van der Waals surface area contributed by atoms with Gasteiger partial charge in [0, 0.05) is 5.69 Å². The fourth-order valence-corrected chi connectivity index (χ4v) is 1.93. The number of carbonyl (C=O) groups excluding carboxylic acids is 2. The molecule has 1 heterocycles. The van der Waals surface area contributed by atoms with Crippen LogP contribution in [0.25, 0.3) is 0 Å². The van der Waals surface area contributed by atoms with Gasteiger partial charge >= 0.3 is 0 Å². The Kier molecular flexibility index (Phi) is 5.05. The van der Waals surface area contributed by atoms with E-state index in [4.69, 9.17) is 0 Å². The van der Waals surface area contributed by atoms with Crippen LogP contribution >= 0.6 is 0 Å². The molecule has 2 rings (SSSR count). The quantitative estimate of drug-likeness (QED) is 0.870. The van der Waals surface area contributed by atoms with Gasteiger partial charge in [0.1, 0.15) is 23.2 Å². The van der Waals surface area contributed by atoms with Crippen molar-refractivity contribution < 1.29 is 18.6 Å². The van der Waals surface area contributed by atoms with Gasteiger partial charge in [-0.05, 0) is 44.5 Å². The van der Waals surface area contributed by atoms with Gasteiger partial charge in [0.15, 0.2) is 0 Å². The Balaban J connectivity index is 1.92. The molecule has 2 amide bonds. The highest BCUT2D eigenvalue weighted by atomic mass is 19.1. The molecule has 2 N–H and O–H groups in total. The van der Waals surface area contributed by atoms with Crippen LogP contribution in [0.15, 0.2) is 22.8 Å². The first-order valence-electron chi connectivity index (χ1n) is 7.01. The molecule has 0 radical (unpaired) electrons. The SMILES string of the molecule is Cc1cc(F)ccc1NC(=O)[C@@H](C)NC(=O)Cc1nonc1C. The van der Waals surface area contributed by atoms with Crippen molar-refractivity contribution in [3.63, 3.8) is 0 Å². The fraction of sp³-hybridized carbons (Fsp3) is 0.333. The Hall–Kier alpha value is -2.77. The van der Waals surface area contributed by atoms with Crippen LogP contribution in [0.1, 0.15) is 23.9 Å². The van der Waals surface area contributed by atoms with Crippen molar-refractivity contribution in [2.45, 2.75) is 33.2 Å². The van der Waals surface area contributed by atoms with Crippen molar-refractivity contribution in [3.8, 4) is 0 Å². The van der Waals surface area contributed by atoms with Gasteiger partial charge in [0.05, 0.1) is 6.42 Å². The van der Waals surface area contributed by atoms with E-state index in [1.807, 2.05) is 0 Å². The van der Waals surface area contributed by atoms with Crippen molar-refractivity contribution in [2.24, 2.45) is 0 Å². The molecule has 0 spiro atoms. The Labute approximate surface area is 132 Å². The highest BCUT2D eigenvalue weighted by Gasteiger charge is 2.18. The summed E-state index contributed by atoms with van der Waals surface area (Å²) >= 11 is 0. The molecule has 122 valence electrons. The van der Waals surface area contributed by atoms with E-state index < -0.39 is 11.9 Å². The van der Waals surface area contributed by atoms with Gasteiger partial charge in [0.2, 0.25) is 11.8 Å². The van der Waals surface area contributed by atoms with E-state index in [-0.39, 0.29) is 18.1 Å². The lowest BCUT2D eigenvalue weighted by molar-refractivity contribution is -0.125. The molecule has 8 heteroatoms. The Morgan fingerprint density at radius 1 is 1.30 bits per heavy atom. The zero-order valence-corrected chi connectivity index (χ0v) is 13.0. The van der Waals surface area contributed by atoms with Crippen molar-refractivity contribution >= 4 is 17.5 Å². The number of aryl methyl sites for hydroxylation is 2. The summed E-state index contributed by atoms with van der Waals surface area (Å²) in [6.45, 7) is 4.91. The maximum atomic E-state index is 13.0. The second-order valence-electron chi connectivity index (χ2n) is 5.21. The van der Waals surface area contributed by atoms with Gasteiger partial charge in [-0.15, -0.1) is 0 Å². The zero-order valence-electron chi connectivity index (χ0n) is 13.0.